The van der Waals surface area contributed by atoms with Gasteiger partial charge in [-0.05, 0) is 85.0 Å². The molecule has 0 saturated heterocycles. The lowest BCUT2D eigenvalue weighted by Gasteiger charge is -2.08. The van der Waals surface area contributed by atoms with E-state index in [4.69, 9.17) is 14.6 Å². The van der Waals surface area contributed by atoms with Gasteiger partial charge in [-0.15, -0.1) is 0 Å². The molecule has 3 aromatic carbocycles. The fraction of sp³-hybridized carbons (Fsp3) is 0.212. The third-order valence-corrected chi connectivity index (χ3v) is 6.77. The number of carboxylic acids is 2. The first kappa shape index (κ1) is 31.0. The molecule has 2 N–H and O–H groups in total. The first-order chi connectivity index (χ1) is 20.7. The summed E-state index contributed by atoms with van der Waals surface area (Å²) < 4.78 is 54.6. The van der Waals surface area contributed by atoms with Gasteiger partial charge in [0, 0.05) is 17.5 Å². The monoisotopic (exact) mass is 593 g/mol. The van der Waals surface area contributed by atoms with E-state index in [9.17, 15) is 23.5 Å². The van der Waals surface area contributed by atoms with Crippen LogP contribution in [0.5, 0.6) is 11.5 Å². The van der Waals surface area contributed by atoms with Crippen LogP contribution >= 0.6 is 0 Å². The Morgan fingerprint density at radius 1 is 0.837 bits per heavy atom. The zero-order chi connectivity index (χ0) is 30.9. The number of aliphatic carboxylic acids is 2. The maximum atomic E-state index is 15.1. The van der Waals surface area contributed by atoms with Gasteiger partial charge in [0.15, 0.2) is 17.4 Å². The summed E-state index contributed by atoms with van der Waals surface area (Å²) >= 11 is 0. The van der Waals surface area contributed by atoms with Gasteiger partial charge in [-0.1, -0.05) is 30.4 Å². The van der Waals surface area contributed by atoms with Crippen molar-refractivity contribution in [2.24, 2.45) is 0 Å². The van der Waals surface area contributed by atoms with E-state index in [1.807, 2.05) is 18.2 Å². The van der Waals surface area contributed by atoms with Gasteiger partial charge in [0.1, 0.15) is 31.3 Å². The van der Waals surface area contributed by atoms with Crippen LogP contribution in [-0.4, -0.2) is 39.9 Å². The van der Waals surface area contributed by atoms with Crippen LogP contribution in [-0.2, 0) is 22.6 Å². The Kier molecular flexibility index (Phi) is 10.3. The molecule has 7 nitrogen and oxygen atoms in total. The second-order valence-electron chi connectivity index (χ2n) is 9.70. The average Bonchev–Trinajstić information content (AvgIpc) is 3.23. The second-order valence-corrected chi connectivity index (χ2v) is 9.70. The van der Waals surface area contributed by atoms with Crippen molar-refractivity contribution >= 4 is 35.0 Å². The number of aryl methyl sites for hydroxylation is 1. The molecule has 0 fully saturated rings. The topological polar surface area (TPSA) is 98.0 Å². The highest BCUT2D eigenvalue weighted by Gasteiger charge is 2.21. The Hall–Kier alpha value is -4.99. The van der Waals surface area contributed by atoms with Crippen LogP contribution in [0.25, 0.3) is 23.1 Å². The van der Waals surface area contributed by atoms with Crippen molar-refractivity contribution in [1.29, 1.82) is 0 Å². The van der Waals surface area contributed by atoms with Crippen LogP contribution in [0.4, 0.5) is 13.2 Å². The Bertz CT molecular complexity index is 1650. The number of carbonyl (C=O) groups is 2. The number of carboxylic acid groups (broad SMARTS) is 2. The SMILES string of the molecule is Cc1c(CCCC(=O)O)c2c(F)ccc(C=Cc3ccc(OC/C=C/COc4c(F)cccc4F)cc3)c2n1CC(=O)O. The Balaban J connectivity index is 1.44. The number of nitrogens with zero attached hydrogens (tertiary/aromatic N) is 1. The molecule has 1 heterocycles. The lowest BCUT2D eigenvalue weighted by Crippen LogP contribution is -2.10. The first-order valence-electron chi connectivity index (χ1n) is 13.5. The van der Waals surface area contributed by atoms with Crippen molar-refractivity contribution in [3.8, 4) is 11.5 Å². The van der Waals surface area contributed by atoms with Gasteiger partial charge in [-0.25, -0.2) is 13.2 Å². The van der Waals surface area contributed by atoms with E-state index in [0.717, 1.165) is 17.7 Å². The Morgan fingerprint density at radius 3 is 2.16 bits per heavy atom. The standard InChI is InChI=1S/C33H30F3NO6/c1-21-25(6-4-9-29(38)39)31-26(34)17-14-23(32(31)37(21)20-30(40)41)13-10-22-11-15-24(16-12-22)42-18-2-3-19-43-33-27(35)7-5-8-28(33)36/h2-3,5,7-8,10-17H,4,6,9,18-20H2,1H3,(H,38,39)(H,40,41)/b3-2+,13-10?. The fourth-order valence-corrected chi connectivity index (χ4v) is 4.76. The summed E-state index contributed by atoms with van der Waals surface area (Å²) in [5, 5.41) is 18.8. The normalized spacial score (nSPS) is 11.5. The molecule has 0 spiro atoms. The molecule has 0 aliphatic rings. The molecular formula is C33H30F3NO6. The molecule has 0 amide bonds. The minimum atomic E-state index is -1.08. The van der Waals surface area contributed by atoms with E-state index in [1.165, 1.54) is 12.1 Å². The van der Waals surface area contributed by atoms with Gasteiger partial charge >= 0.3 is 11.9 Å². The van der Waals surface area contributed by atoms with E-state index < -0.39 is 35.1 Å². The van der Waals surface area contributed by atoms with Crippen molar-refractivity contribution in [3.05, 3.63) is 107 Å². The van der Waals surface area contributed by atoms with Gasteiger partial charge < -0.3 is 24.3 Å². The van der Waals surface area contributed by atoms with E-state index in [-0.39, 0.29) is 26.2 Å². The van der Waals surface area contributed by atoms with Crippen molar-refractivity contribution in [2.45, 2.75) is 32.7 Å². The average molecular weight is 594 g/mol. The number of aromatic nitrogens is 1. The molecule has 0 saturated carbocycles. The number of fused-ring (bicyclic) bond motifs is 1. The molecule has 0 aliphatic carbocycles. The number of hydrogen-bond acceptors (Lipinski definition) is 4. The molecule has 1 aromatic heterocycles. The highest BCUT2D eigenvalue weighted by atomic mass is 19.1. The summed E-state index contributed by atoms with van der Waals surface area (Å²) in [4.78, 5) is 22.6. The van der Waals surface area contributed by atoms with Crippen molar-refractivity contribution in [1.82, 2.24) is 4.57 Å². The van der Waals surface area contributed by atoms with Gasteiger partial charge in [-0.3, -0.25) is 9.59 Å². The lowest BCUT2D eigenvalue weighted by molar-refractivity contribution is -0.138. The van der Waals surface area contributed by atoms with E-state index in [2.05, 4.69) is 0 Å². The molecule has 0 bridgehead atoms. The van der Waals surface area contributed by atoms with Crippen LogP contribution in [0.15, 0.2) is 66.7 Å². The van der Waals surface area contributed by atoms with Crippen LogP contribution in [0, 0.1) is 24.4 Å². The molecule has 10 heteroatoms. The van der Waals surface area contributed by atoms with E-state index in [0.29, 0.717) is 46.3 Å². The number of para-hydroxylation sites is 1. The Morgan fingerprint density at radius 2 is 1.51 bits per heavy atom. The fourth-order valence-electron chi connectivity index (χ4n) is 4.76. The van der Waals surface area contributed by atoms with Crippen LogP contribution in [0.1, 0.15) is 35.2 Å². The third kappa shape index (κ3) is 7.85. The largest absolute Gasteiger partial charge is 0.490 e. The maximum absolute atomic E-state index is 15.1. The smallest absolute Gasteiger partial charge is 0.323 e. The lowest BCUT2D eigenvalue weighted by atomic mass is 10.0. The van der Waals surface area contributed by atoms with Gasteiger partial charge in [0.05, 0.1) is 5.52 Å². The van der Waals surface area contributed by atoms with E-state index >= 15 is 4.39 Å². The first-order valence-corrected chi connectivity index (χ1v) is 13.5. The number of ether oxygens (including phenoxy) is 2. The van der Waals surface area contributed by atoms with Crippen LogP contribution in [0.2, 0.25) is 0 Å². The number of rotatable bonds is 14. The molecule has 43 heavy (non-hydrogen) atoms. The summed E-state index contributed by atoms with van der Waals surface area (Å²) in [5.41, 5.74) is 3.06. The van der Waals surface area contributed by atoms with E-state index in [1.54, 1.807) is 47.9 Å². The predicted molar refractivity (Wildman–Crippen MR) is 157 cm³/mol. The zero-order valence-electron chi connectivity index (χ0n) is 23.4. The minimum absolute atomic E-state index is 0.0270. The molecule has 224 valence electrons. The minimum Gasteiger partial charge on any atom is -0.490 e. The van der Waals surface area contributed by atoms with Crippen molar-refractivity contribution < 1.29 is 42.4 Å². The summed E-state index contributed by atoms with van der Waals surface area (Å²) in [7, 11) is 0. The molecule has 4 aromatic rings. The summed E-state index contributed by atoms with van der Waals surface area (Å²) in [6, 6.07) is 13.6. The molecule has 0 unspecified atom stereocenters. The quantitative estimate of drug-likeness (QED) is 0.120. The van der Waals surface area contributed by atoms with Gasteiger partial charge in [-0.2, -0.15) is 0 Å². The number of hydrogen-bond donors (Lipinski definition) is 2. The van der Waals surface area contributed by atoms with Crippen molar-refractivity contribution in [2.75, 3.05) is 13.2 Å². The summed E-state index contributed by atoms with van der Waals surface area (Å²) in [5.74, 6) is -3.91. The summed E-state index contributed by atoms with van der Waals surface area (Å²) in [6.07, 6.45) is 7.37. The highest BCUT2D eigenvalue weighted by molar-refractivity contribution is 5.95. The van der Waals surface area contributed by atoms with Gasteiger partial charge in [0.2, 0.25) is 0 Å². The zero-order valence-corrected chi connectivity index (χ0v) is 23.4. The van der Waals surface area contributed by atoms with Crippen LogP contribution < -0.4 is 9.47 Å². The molecule has 4 rings (SSSR count). The second kappa shape index (κ2) is 14.3. The van der Waals surface area contributed by atoms with Crippen molar-refractivity contribution in [3.63, 3.8) is 0 Å². The third-order valence-electron chi connectivity index (χ3n) is 6.77. The molecular weight excluding hydrogens is 563 g/mol. The highest BCUT2D eigenvalue weighted by Crippen LogP contribution is 2.33. The Labute approximate surface area is 246 Å². The molecule has 0 atom stereocenters. The molecule has 0 aliphatic heterocycles. The predicted octanol–water partition coefficient (Wildman–Crippen LogP) is 7.04. The van der Waals surface area contributed by atoms with Gasteiger partial charge in [0.25, 0.3) is 0 Å². The molecule has 0 radical (unpaired) electrons. The number of halogens is 3. The summed E-state index contributed by atoms with van der Waals surface area (Å²) in [6.45, 7) is 1.54. The maximum Gasteiger partial charge on any atom is 0.323 e. The van der Waals surface area contributed by atoms with Crippen LogP contribution in [0.3, 0.4) is 0 Å². The number of benzene rings is 3.